The van der Waals surface area contributed by atoms with Crippen LogP contribution in [0.15, 0.2) is 0 Å². The van der Waals surface area contributed by atoms with Crippen molar-refractivity contribution < 1.29 is 0 Å². The highest BCUT2D eigenvalue weighted by Gasteiger charge is 2.26. The summed E-state index contributed by atoms with van der Waals surface area (Å²) in [6.45, 7) is 2.97. The van der Waals surface area contributed by atoms with Crippen molar-refractivity contribution in [1.82, 2.24) is 10.6 Å². The van der Waals surface area contributed by atoms with Gasteiger partial charge in [0.05, 0.1) is 0 Å². The Kier molecular flexibility index (Phi) is 4.88. The van der Waals surface area contributed by atoms with Gasteiger partial charge in [-0.1, -0.05) is 6.42 Å². The largest absolute Gasteiger partial charge is 0.363 e. The Balaban J connectivity index is 2.30. The third-order valence-electron chi connectivity index (χ3n) is 2.41. The molecule has 2 nitrogen and oxygen atoms in total. The summed E-state index contributed by atoms with van der Waals surface area (Å²) in [4.78, 5) is 0. The van der Waals surface area contributed by atoms with Crippen LogP contribution in [0.25, 0.3) is 0 Å². The van der Waals surface area contributed by atoms with E-state index in [0.717, 1.165) is 16.9 Å². The topological polar surface area (TPSA) is 24.1 Å². The van der Waals surface area contributed by atoms with Crippen LogP contribution in [0.2, 0.25) is 0 Å². The predicted molar refractivity (Wildman–Crippen MR) is 64.4 cm³/mol. The predicted octanol–water partition coefficient (Wildman–Crippen LogP) is 1.75. The molecule has 0 spiro atoms. The summed E-state index contributed by atoms with van der Waals surface area (Å²) in [6.07, 6.45) is 6.10. The zero-order chi connectivity index (χ0) is 9.68. The summed E-state index contributed by atoms with van der Waals surface area (Å²) in [7, 11) is 0. The first-order valence-electron chi connectivity index (χ1n) is 4.85. The highest BCUT2D eigenvalue weighted by Crippen LogP contribution is 2.28. The van der Waals surface area contributed by atoms with Gasteiger partial charge in [0.15, 0.2) is 5.11 Å². The molecule has 0 radical (unpaired) electrons. The van der Waals surface area contributed by atoms with Gasteiger partial charge in [0.2, 0.25) is 0 Å². The van der Waals surface area contributed by atoms with Gasteiger partial charge in [-0.3, -0.25) is 0 Å². The Morgan fingerprint density at radius 1 is 1.54 bits per heavy atom. The molecule has 1 aliphatic rings. The molecular weight excluding hydrogens is 200 g/mol. The zero-order valence-electron chi connectivity index (χ0n) is 8.30. The molecule has 1 fully saturated rings. The molecule has 2 atom stereocenters. The van der Waals surface area contributed by atoms with E-state index in [1.165, 1.54) is 19.3 Å². The molecule has 2 unspecified atom stereocenters. The lowest BCUT2D eigenvalue weighted by Crippen LogP contribution is -2.44. The van der Waals surface area contributed by atoms with Crippen LogP contribution >= 0.6 is 24.0 Å². The van der Waals surface area contributed by atoms with Gasteiger partial charge in [0.1, 0.15) is 0 Å². The summed E-state index contributed by atoms with van der Waals surface area (Å²) >= 11 is 7.11. The van der Waals surface area contributed by atoms with Crippen LogP contribution < -0.4 is 10.6 Å². The van der Waals surface area contributed by atoms with Crippen LogP contribution in [0.4, 0.5) is 0 Å². The minimum Gasteiger partial charge on any atom is -0.363 e. The van der Waals surface area contributed by atoms with Crippen LogP contribution in [0.5, 0.6) is 0 Å². The molecule has 2 N–H and O–H groups in total. The lowest BCUT2D eigenvalue weighted by Gasteiger charge is -2.20. The molecule has 4 heteroatoms. The number of hydrogen-bond donors (Lipinski definition) is 2. The summed E-state index contributed by atoms with van der Waals surface area (Å²) in [5.41, 5.74) is 0. The van der Waals surface area contributed by atoms with E-state index in [0.29, 0.717) is 6.04 Å². The fraction of sp³-hybridized carbons (Fsp3) is 0.889. The molecule has 0 heterocycles. The van der Waals surface area contributed by atoms with Crippen molar-refractivity contribution in [3.63, 3.8) is 0 Å². The second-order valence-electron chi connectivity index (χ2n) is 3.32. The highest BCUT2D eigenvalue weighted by atomic mass is 32.2. The third kappa shape index (κ3) is 3.35. The molecule has 0 aromatic heterocycles. The monoisotopic (exact) mass is 218 g/mol. The standard InChI is InChI=1S/C9H18N2S2/c1-3-10-9(12)11-7-5-4-6-8(7)13-2/h7-8H,3-6H2,1-2H3,(H2,10,11,12). The van der Waals surface area contributed by atoms with E-state index >= 15 is 0 Å². The number of hydrogen-bond acceptors (Lipinski definition) is 2. The summed E-state index contributed by atoms with van der Waals surface area (Å²) in [5, 5.41) is 8.07. The van der Waals surface area contributed by atoms with Gasteiger partial charge >= 0.3 is 0 Å². The van der Waals surface area contributed by atoms with Crippen molar-refractivity contribution >= 4 is 29.1 Å². The van der Waals surface area contributed by atoms with Crippen LogP contribution in [-0.4, -0.2) is 29.2 Å². The average molecular weight is 218 g/mol. The van der Waals surface area contributed by atoms with E-state index in [2.05, 4.69) is 23.8 Å². The van der Waals surface area contributed by atoms with Gasteiger partial charge < -0.3 is 10.6 Å². The SMILES string of the molecule is CCNC(=S)NC1CCCC1SC. The Morgan fingerprint density at radius 2 is 2.31 bits per heavy atom. The highest BCUT2D eigenvalue weighted by molar-refractivity contribution is 7.99. The Labute approximate surface area is 90.2 Å². The molecule has 1 rings (SSSR count). The first kappa shape index (κ1) is 11.1. The van der Waals surface area contributed by atoms with Gasteiger partial charge in [-0.2, -0.15) is 11.8 Å². The van der Waals surface area contributed by atoms with Crippen LogP contribution in [0.1, 0.15) is 26.2 Å². The van der Waals surface area contributed by atoms with Crippen LogP contribution in [0, 0.1) is 0 Å². The van der Waals surface area contributed by atoms with E-state index < -0.39 is 0 Å². The van der Waals surface area contributed by atoms with E-state index in [1.807, 2.05) is 11.8 Å². The minimum atomic E-state index is 0.585. The van der Waals surface area contributed by atoms with Crippen molar-refractivity contribution in [1.29, 1.82) is 0 Å². The molecule has 13 heavy (non-hydrogen) atoms. The van der Waals surface area contributed by atoms with Gasteiger partial charge in [-0.25, -0.2) is 0 Å². The molecule has 0 aromatic carbocycles. The molecule has 0 aliphatic heterocycles. The smallest absolute Gasteiger partial charge is 0.166 e. The summed E-state index contributed by atoms with van der Waals surface area (Å²) in [6, 6.07) is 0.585. The number of thioether (sulfide) groups is 1. The first-order chi connectivity index (χ1) is 6.27. The van der Waals surface area contributed by atoms with Gasteiger partial charge in [0.25, 0.3) is 0 Å². The molecule has 0 bridgehead atoms. The number of nitrogens with one attached hydrogen (secondary N) is 2. The second-order valence-corrected chi connectivity index (χ2v) is 4.80. The maximum Gasteiger partial charge on any atom is 0.166 e. The fourth-order valence-corrected chi connectivity index (χ4v) is 2.98. The Bertz CT molecular complexity index is 173. The van der Waals surface area contributed by atoms with E-state index in [1.54, 1.807) is 0 Å². The lowest BCUT2D eigenvalue weighted by atomic mass is 10.2. The second kappa shape index (κ2) is 5.70. The zero-order valence-corrected chi connectivity index (χ0v) is 9.93. The lowest BCUT2D eigenvalue weighted by molar-refractivity contribution is 0.634. The van der Waals surface area contributed by atoms with Crippen molar-refractivity contribution in [3.05, 3.63) is 0 Å². The molecule has 0 aromatic rings. The van der Waals surface area contributed by atoms with Crippen molar-refractivity contribution in [2.45, 2.75) is 37.5 Å². The van der Waals surface area contributed by atoms with Gasteiger partial charge in [0, 0.05) is 17.8 Å². The van der Waals surface area contributed by atoms with Crippen molar-refractivity contribution in [3.8, 4) is 0 Å². The van der Waals surface area contributed by atoms with E-state index in [4.69, 9.17) is 12.2 Å². The molecular formula is C9H18N2S2. The van der Waals surface area contributed by atoms with Gasteiger partial charge in [-0.15, -0.1) is 0 Å². The fourth-order valence-electron chi connectivity index (χ4n) is 1.75. The third-order valence-corrected chi connectivity index (χ3v) is 3.84. The quantitative estimate of drug-likeness (QED) is 0.705. The molecule has 1 aliphatic carbocycles. The maximum atomic E-state index is 5.16. The Morgan fingerprint density at radius 3 is 2.92 bits per heavy atom. The van der Waals surface area contributed by atoms with E-state index in [-0.39, 0.29) is 0 Å². The average Bonchev–Trinajstić information content (AvgIpc) is 2.52. The van der Waals surface area contributed by atoms with Gasteiger partial charge in [-0.05, 0) is 38.2 Å². The summed E-state index contributed by atoms with van der Waals surface area (Å²) in [5.74, 6) is 0. The molecule has 0 amide bonds. The minimum absolute atomic E-state index is 0.585. The van der Waals surface area contributed by atoms with Crippen molar-refractivity contribution in [2.75, 3.05) is 12.8 Å². The number of rotatable bonds is 3. The first-order valence-corrected chi connectivity index (χ1v) is 6.54. The summed E-state index contributed by atoms with van der Waals surface area (Å²) < 4.78 is 0. The number of thiocarbonyl (C=S) groups is 1. The van der Waals surface area contributed by atoms with Crippen LogP contribution in [0.3, 0.4) is 0 Å². The van der Waals surface area contributed by atoms with Crippen LogP contribution in [-0.2, 0) is 0 Å². The van der Waals surface area contributed by atoms with E-state index in [9.17, 15) is 0 Å². The molecule has 0 saturated heterocycles. The normalized spacial score (nSPS) is 27.2. The molecule has 76 valence electrons. The molecule has 1 saturated carbocycles. The maximum absolute atomic E-state index is 5.16. The van der Waals surface area contributed by atoms with Crippen molar-refractivity contribution in [2.24, 2.45) is 0 Å². The Hall–Kier alpha value is 0.0400.